The number of hydrogen-bond donors (Lipinski definition) is 1. The fourth-order valence-corrected chi connectivity index (χ4v) is 0.0510. The van der Waals surface area contributed by atoms with Gasteiger partial charge in [0.1, 0.15) is 0 Å². The first kappa shape index (κ1) is 15.8. The molecule has 0 saturated heterocycles. The van der Waals surface area contributed by atoms with Gasteiger partial charge in [-0.3, -0.25) is 7.05 Å². The molecule has 0 aliphatic rings. The van der Waals surface area contributed by atoms with Crippen LogP contribution in [0.2, 0.25) is 0 Å². The van der Waals surface area contributed by atoms with Crippen LogP contribution >= 0.6 is 0 Å². The van der Waals surface area contributed by atoms with Crippen molar-refractivity contribution in [2.24, 2.45) is 0 Å². The van der Waals surface area contributed by atoms with Crippen LogP contribution in [0.4, 0.5) is 0 Å². The third-order valence-corrected chi connectivity index (χ3v) is 0.388. The average Bonchev–Trinajstić information content (AvgIpc) is 1.65. The Kier molecular flexibility index (Phi) is 20.7. The molecule has 0 saturated carbocycles. The van der Waals surface area contributed by atoms with Gasteiger partial charge in [-0.25, -0.2) is 0 Å². The fourth-order valence-electron chi connectivity index (χ4n) is 0.0510. The minimum atomic E-state index is 0. The van der Waals surface area contributed by atoms with Gasteiger partial charge in [-0.05, 0) is 0 Å². The van der Waals surface area contributed by atoms with Crippen molar-refractivity contribution in [3.63, 3.8) is 0 Å². The van der Waals surface area contributed by atoms with Gasteiger partial charge in [-0.15, -0.1) is 6.42 Å². The fraction of sp³-hybridized carbons (Fsp3) is 0. The van der Waals surface area contributed by atoms with E-state index in [-0.39, 0.29) is 44.6 Å². The maximum atomic E-state index is 4.83. The summed E-state index contributed by atoms with van der Waals surface area (Å²) in [5.41, 5.74) is 0.509. The zero-order chi connectivity index (χ0) is 4.99. The second-order valence-electron chi connectivity index (χ2n) is 0.800. The minimum Gasteiger partial charge on any atom is -0.813 e. The van der Waals surface area contributed by atoms with Crippen molar-refractivity contribution in [1.82, 2.24) is 5.32 Å². The zero-order valence-electron chi connectivity index (χ0n) is 4.44. The summed E-state index contributed by atoms with van der Waals surface area (Å²) in [5.74, 6) is 2.25. The topological polar surface area (TPSA) is 12.0 Å². The second-order valence-corrected chi connectivity index (χ2v) is 0.800. The van der Waals surface area contributed by atoms with Gasteiger partial charge >= 0.3 is 31.1 Å². The van der Waals surface area contributed by atoms with Gasteiger partial charge in [0.25, 0.3) is 0 Å². The second kappa shape index (κ2) is 10.5. The summed E-state index contributed by atoms with van der Waals surface area (Å²) in [6.07, 6.45) is 4.83. The normalized spacial score (nSPS) is 4.50. The summed E-state index contributed by atoms with van der Waals surface area (Å²) in [7, 11) is 3.26. The Morgan fingerprint density at radius 2 is 2.12 bits per heavy atom. The summed E-state index contributed by atoms with van der Waals surface area (Å²) in [6, 6.07) is 0. The first-order chi connectivity index (χ1) is 2.81. The van der Waals surface area contributed by atoms with Crippen LogP contribution in [0, 0.1) is 50.5 Å². The molecule has 42 valence electrons. The van der Waals surface area contributed by atoms with Gasteiger partial charge in [0.05, 0.1) is 0 Å². The molecular formula is C5H7NSU. The molecule has 0 aromatic heterocycles. The molecule has 0 rings (SSSR count). The number of hydrogen-bond acceptors (Lipinski definition) is 2. The third-order valence-electron chi connectivity index (χ3n) is 0.388. The Bertz CT molecular complexity index is 95.1. The third kappa shape index (κ3) is 9.71. The van der Waals surface area contributed by atoms with Crippen LogP contribution in [-0.4, -0.2) is 0 Å². The number of rotatable bonds is 1. The molecule has 0 aliphatic heterocycles. The van der Waals surface area contributed by atoms with Gasteiger partial charge in [0, 0.05) is 5.70 Å². The predicted molar refractivity (Wildman–Crippen MR) is 35.2 cm³/mol. The number of thiol groups is 1. The van der Waals surface area contributed by atoms with E-state index in [1.807, 2.05) is 0 Å². The molecule has 0 unspecified atom stereocenters. The van der Waals surface area contributed by atoms with Crippen molar-refractivity contribution >= 4 is 13.5 Å². The Labute approximate surface area is 81.1 Å². The molecule has 0 spiro atoms. The van der Waals surface area contributed by atoms with Crippen LogP contribution in [0.1, 0.15) is 0 Å². The van der Waals surface area contributed by atoms with E-state index in [0.29, 0.717) is 5.70 Å². The maximum Gasteiger partial charge on any atom is 2.00 e. The zero-order valence-corrected chi connectivity index (χ0v) is 9.50. The van der Waals surface area contributed by atoms with Crippen LogP contribution in [0.5, 0.6) is 0 Å². The first-order valence-corrected chi connectivity index (χ1v) is 1.50. The smallest absolute Gasteiger partial charge is 0.813 e. The van der Waals surface area contributed by atoms with Crippen molar-refractivity contribution in [2.75, 3.05) is 0 Å². The summed E-state index contributed by atoms with van der Waals surface area (Å²) in [4.78, 5) is 0. The van der Waals surface area contributed by atoms with Crippen molar-refractivity contribution in [1.29, 1.82) is 0 Å². The molecule has 3 heteroatoms. The largest absolute Gasteiger partial charge is 2.00 e. The van der Waals surface area contributed by atoms with E-state index in [9.17, 15) is 0 Å². The van der Waals surface area contributed by atoms with E-state index in [1.165, 1.54) is 0 Å². The summed E-state index contributed by atoms with van der Waals surface area (Å²) in [6.45, 7) is 3.38. The Morgan fingerprint density at radius 3 is 2.12 bits per heavy atom. The van der Waals surface area contributed by atoms with E-state index in [2.05, 4.69) is 24.9 Å². The standard InChI is InChI=1S/C5H6N.H2S.U/c1-4-5(2)6-3;;/h1,6H,2-3H2;1H2;/q-1;;+2/p-1. The monoisotopic (exact) mass is 351 g/mol. The summed E-state index contributed by atoms with van der Waals surface area (Å²) < 4.78 is 0. The van der Waals surface area contributed by atoms with Crippen LogP contribution in [0.15, 0.2) is 12.3 Å². The van der Waals surface area contributed by atoms with Gasteiger partial charge in [0.15, 0.2) is 0 Å². The molecule has 0 heterocycles. The molecule has 0 aliphatic carbocycles. The molecule has 1 N–H and O–H groups in total. The van der Waals surface area contributed by atoms with Crippen LogP contribution in [0.3, 0.4) is 0 Å². The molecular weight excluding hydrogens is 344 g/mol. The predicted octanol–water partition coefficient (Wildman–Crippen LogP) is 0.244. The van der Waals surface area contributed by atoms with E-state index >= 15 is 0 Å². The van der Waals surface area contributed by atoms with E-state index < -0.39 is 0 Å². The summed E-state index contributed by atoms with van der Waals surface area (Å²) >= 11 is 0. The SMILES string of the molecule is C#CC(=C)N[CH2-].[SH-].[U+2]. The van der Waals surface area contributed by atoms with Crippen molar-refractivity contribution in [2.45, 2.75) is 0 Å². The molecule has 0 radical (unpaired) electrons. The van der Waals surface area contributed by atoms with Gasteiger partial charge < -0.3 is 18.8 Å². The number of allylic oxidation sites excluding steroid dienone is 1. The molecule has 0 aromatic rings. The van der Waals surface area contributed by atoms with Crippen molar-refractivity contribution in [3.05, 3.63) is 19.3 Å². The van der Waals surface area contributed by atoms with Crippen LogP contribution < -0.4 is 5.32 Å². The average molecular weight is 351 g/mol. The number of terminal acetylenes is 1. The number of nitrogens with one attached hydrogen (secondary N) is 1. The molecule has 0 bridgehead atoms. The Morgan fingerprint density at radius 1 is 1.75 bits per heavy atom. The minimum absolute atomic E-state index is 0. The maximum absolute atomic E-state index is 4.83. The van der Waals surface area contributed by atoms with Crippen LogP contribution in [-0.2, 0) is 13.5 Å². The molecule has 0 fully saturated rings. The molecule has 0 amide bonds. The Balaban J connectivity index is -0.000000125. The van der Waals surface area contributed by atoms with Gasteiger partial charge in [-0.1, -0.05) is 12.5 Å². The summed E-state index contributed by atoms with van der Waals surface area (Å²) in [5, 5.41) is 2.43. The van der Waals surface area contributed by atoms with E-state index in [0.717, 1.165) is 0 Å². The quantitative estimate of drug-likeness (QED) is 0.315. The van der Waals surface area contributed by atoms with Crippen LogP contribution in [0.25, 0.3) is 0 Å². The van der Waals surface area contributed by atoms with Gasteiger partial charge in [-0.2, -0.15) is 0 Å². The Hall–Kier alpha value is 0.502. The molecule has 8 heavy (non-hydrogen) atoms. The van der Waals surface area contributed by atoms with Crippen molar-refractivity contribution < 1.29 is 31.1 Å². The van der Waals surface area contributed by atoms with E-state index in [4.69, 9.17) is 6.42 Å². The molecule has 0 atom stereocenters. The van der Waals surface area contributed by atoms with Gasteiger partial charge in [0.2, 0.25) is 0 Å². The molecule has 0 aromatic carbocycles. The van der Waals surface area contributed by atoms with Crippen molar-refractivity contribution in [3.8, 4) is 12.3 Å². The van der Waals surface area contributed by atoms with E-state index in [1.54, 1.807) is 0 Å². The molecule has 1 nitrogen and oxygen atoms in total. The first-order valence-electron chi connectivity index (χ1n) is 1.50.